The van der Waals surface area contributed by atoms with Crippen molar-refractivity contribution < 1.29 is 8.42 Å². The minimum Gasteiger partial charge on any atom is -0.316 e. The first-order valence-corrected chi connectivity index (χ1v) is 7.82. The first-order chi connectivity index (χ1) is 9.51. The molecule has 0 atom stereocenters. The number of benzene rings is 2. The lowest BCUT2D eigenvalue weighted by molar-refractivity contribution is 0.601. The highest BCUT2D eigenvalue weighted by Gasteiger charge is 2.13. The Morgan fingerprint density at radius 2 is 1.55 bits per heavy atom. The monoisotopic (exact) mass is 290 g/mol. The summed E-state index contributed by atoms with van der Waals surface area (Å²) in [6.07, 6.45) is 0. The summed E-state index contributed by atoms with van der Waals surface area (Å²) in [5.74, 6) is 0. The largest absolute Gasteiger partial charge is 0.316 e. The van der Waals surface area contributed by atoms with Crippen molar-refractivity contribution in [3.8, 4) is 0 Å². The summed E-state index contributed by atoms with van der Waals surface area (Å²) in [5.41, 5.74) is 2.69. The summed E-state index contributed by atoms with van der Waals surface area (Å²) in [4.78, 5) is 0.266. The van der Waals surface area contributed by atoms with E-state index >= 15 is 0 Å². The molecule has 2 aromatic rings. The maximum atomic E-state index is 12.2. The molecule has 0 aliphatic heterocycles. The van der Waals surface area contributed by atoms with Crippen LogP contribution in [0.3, 0.4) is 0 Å². The third kappa shape index (κ3) is 3.59. The van der Waals surface area contributed by atoms with Gasteiger partial charge in [-0.3, -0.25) is 4.72 Å². The number of nitrogens with one attached hydrogen (secondary N) is 2. The van der Waals surface area contributed by atoms with Crippen molar-refractivity contribution in [1.82, 2.24) is 5.32 Å². The van der Waals surface area contributed by atoms with Crippen LogP contribution in [0.5, 0.6) is 0 Å². The molecule has 0 radical (unpaired) electrons. The maximum Gasteiger partial charge on any atom is 0.261 e. The van der Waals surface area contributed by atoms with Gasteiger partial charge in [-0.15, -0.1) is 0 Å². The first-order valence-electron chi connectivity index (χ1n) is 6.34. The molecule has 2 aromatic carbocycles. The molecule has 0 heterocycles. The van der Waals surface area contributed by atoms with E-state index in [4.69, 9.17) is 0 Å². The molecule has 0 aliphatic rings. The smallest absolute Gasteiger partial charge is 0.261 e. The van der Waals surface area contributed by atoms with E-state index in [0.29, 0.717) is 5.69 Å². The van der Waals surface area contributed by atoms with Crippen molar-refractivity contribution in [2.75, 3.05) is 11.8 Å². The lowest BCUT2D eigenvalue weighted by Gasteiger charge is -2.09. The molecule has 0 fully saturated rings. The fraction of sp³-hybridized carbons (Fsp3) is 0.200. The summed E-state index contributed by atoms with van der Waals surface area (Å²) in [7, 11) is -1.65. The Bertz CT molecular complexity index is 662. The Kier molecular flexibility index (Phi) is 4.42. The summed E-state index contributed by atoms with van der Waals surface area (Å²) >= 11 is 0. The van der Waals surface area contributed by atoms with Crippen molar-refractivity contribution in [1.29, 1.82) is 0 Å². The lowest BCUT2D eigenvalue weighted by atomic mass is 10.2. The van der Waals surface area contributed by atoms with Gasteiger partial charge in [-0.1, -0.05) is 29.8 Å². The molecule has 0 saturated heterocycles. The normalized spacial score (nSPS) is 11.3. The van der Waals surface area contributed by atoms with Crippen molar-refractivity contribution in [3.63, 3.8) is 0 Å². The molecular weight excluding hydrogens is 272 g/mol. The average molecular weight is 290 g/mol. The summed E-state index contributed by atoms with van der Waals surface area (Å²) in [6, 6.07) is 14.1. The Hall–Kier alpha value is -1.85. The zero-order valence-corrected chi connectivity index (χ0v) is 12.4. The molecular formula is C15H18N2O2S. The molecule has 0 aromatic heterocycles. The highest BCUT2D eigenvalue weighted by atomic mass is 32.2. The molecule has 2 N–H and O–H groups in total. The predicted molar refractivity (Wildman–Crippen MR) is 81.2 cm³/mol. The van der Waals surface area contributed by atoms with Crippen LogP contribution >= 0.6 is 0 Å². The van der Waals surface area contributed by atoms with Gasteiger partial charge in [-0.05, 0) is 43.8 Å². The molecule has 5 heteroatoms. The van der Waals surface area contributed by atoms with E-state index in [9.17, 15) is 8.42 Å². The fourth-order valence-electron chi connectivity index (χ4n) is 1.83. The van der Waals surface area contributed by atoms with Gasteiger partial charge in [0.25, 0.3) is 10.0 Å². The van der Waals surface area contributed by atoms with Crippen LogP contribution in [0.2, 0.25) is 0 Å². The van der Waals surface area contributed by atoms with Crippen LogP contribution in [0.1, 0.15) is 11.1 Å². The summed E-state index contributed by atoms with van der Waals surface area (Å²) in [5, 5.41) is 3.04. The Balaban J connectivity index is 2.17. The van der Waals surface area contributed by atoms with E-state index < -0.39 is 10.0 Å². The van der Waals surface area contributed by atoms with Crippen LogP contribution in [-0.2, 0) is 16.6 Å². The average Bonchev–Trinajstić information content (AvgIpc) is 2.41. The standard InChI is InChI=1S/C15H18N2O2S/c1-12-3-9-15(10-4-12)20(18,19)17-14-7-5-13(6-8-14)11-16-2/h3-10,16-17H,11H2,1-2H3. The molecule has 4 nitrogen and oxygen atoms in total. The van der Waals surface area contributed by atoms with Crippen LogP contribution in [0.25, 0.3) is 0 Å². The maximum absolute atomic E-state index is 12.2. The van der Waals surface area contributed by atoms with Crippen molar-refractivity contribution in [2.24, 2.45) is 0 Å². The van der Waals surface area contributed by atoms with Crippen LogP contribution in [0.15, 0.2) is 53.4 Å². The third-order valence-electron chi connectivity index (χ3n) is 2.92. The Morgan fingerprint density at radius 3 is 2.10 bits per heavy atom. The molecule has 0 spiro atoms. The second-order valence-electron chi connectivity index (χ2n) is 4.65. The number of rotatable bonds is 5. The molecule has 20 heavy (non-hydrogen) atoms. The van der Waals surface area contributed by atoms with Gasteiger partial charge < -0.3 is 5.32 Å². The highest BCUT2D eigenvalue weighted by Crippen LogP contribution is 2.17. The van der Waals surface area contributed by atoms with Gasteiger partial charge in [0.2, 0.25) is 0 Å². The molecule has 2 rings (SSSR count). The van der Waals surface area contributed by atoms with Gasteiger partial charge >= 0.3 is 0 Å². The molecule has 0 unspecified atom stereocenters. The van der Waals surface area contributed by atoms with Crippen molar-refractivity contribution in [2.45, 2.75) is 18.4 Å². The molecule has 0 aliphatic carbocycles. The number of anilines is 1. The predicted octanol–water partition coefficient (Wildman–Crippen LogP) is 2.52. The fourth-order valence-corrected chi connectivity index (χ4v) is 2.88. The summed E-state index contributed by atoms with van der Waals surface area (Å²) < 4.78 is 27.0. The van der Waals surface area contributed by atoms with Gasteiger partial charge in [0.1, 0.15) is 0 Å². The van der Waals surface area contributed by atoms with Crippen LogP contribution < -0.4 is 10.0 Å². The van der Waals surface area contributed by atoms with Crippen LogP contribution in [-0.4, -0.2) is 15.5 Å². The molecule has 0 bridgehead atoms. The Labute approximate surface area is 119 Å². The molecule has 106 valence electrons. The quantitative estimate of drug-likeness (QED) is 0.889. The van der Waals surface area contributed by atoms with Gasteiger partial charge in [-0.25, -0.2) is 8.42 Å². The zero-order chi connectivity index (χ0) is 14.6. The minimum atomic E-state index is -3.52. The minimum absolute atomic E-state index is 0.266. The second kappa shape index (κ2) is 6.07. The van der Waals surface area contributed by atoms with E-state index in [2.05, 4.69) is 10.0 Å². The van der Waals surface area contributed by atoms with Gasteiger partial charge in [-0.2, -0.15) is 0 Å². The second-order valence-corrected chi connectivity index (χ2v) is 6.33. The van der Waals surface area contributed by atoms with Gasteiger partial charge in [0, 0.05) is 12.2 Å². The third-order valence-corrected chi connectivity index (χ3v) is 4.32. The van der Waals surface area contributed by atoms with E-state index in [0.717, 1.165) is 17.7 Å². The number of hydrogen-bond acceptors (Lipinski definition) is 3. The highest BCUT2D eigenvalue weighted by molar-refractivity contribution is 7.92. The number of hydrogen-bond donors (Lipinski definition) is 2. The van der Waals surface area contributed by atoms with Crippen LogP contribution in [0, 0.1) is 6.92 Å². The van der Waals surface area contributed by atoms with E-state index in [-0.39, 0.29) is 4.90 Å². The van der Waals surface area contributed by atoms with Crippen molar-refractivity contribution in [3.05, 3.63) is 59.7 Å². The Morgan fingerprint density at radius 1 is 0.950 bits per heavy atom. The van der Waals surface area contributed by atoms with Gasteiger partial charge in [0.15, 0.2) is 0 Å². The number of aryl methyl sites for hydroxylation is 1. The number of sulfonamides is 1. The van der Waals surface area contributed by atoms with Crippen LogP contribution in [0.4, 0.5) is 5.69 Å². The lowest BCUT2D eigenvalue weighted by Crippen LogP contribution is -2.13. The zero-order valence-electron chi connectivity index (χ0n) is 11.6. The van der Waals surface area contributed by atoms with Gasteiger partial charge in [0.05, 0.1) is 4.90 Å². The van der Waals surface area contributed by atoms with Crippen molar-refractivity contribution >= 4 is 15.7 Å². The molecule has 0 amide bonds. The van der Waals surface area contributed by atoms with E-state index in [1.54, 1.807) is 36.4 Å². The summed E-state index contributed by atoms with van der Waals surface area (Å²) in [6.45, 7) is 2.68. The van der Waals surface area contributed by atoms with E-state index in [1.165, 1.54) is 0 Å². The van der Waals surface area contributed by atoms with E-state index in [1.807, 2.05) is 26.1 Å². The SMILES string of the molecule is CNCc1ccc(NS(=O)(=O)c2ccc(C)cc2)cc1. The molecule has 0 saturated carbocycles. The topological polar surface area (TPSA) is 58.2 Å². The first kappa shape index (κ1) is 14.6.